The summed E-state index contributed by atoms with van der Waals surface area (Å²) in [6, 6.07) is 11.8. The van der Waals surface area contributed by atoms with Gasteiger partial charge in [-0.05, 0) is 24.3 Å². The molecular weight excluding hydrogens is 218 g/mol. The van der Waals surface area contributed by atoms with E-state index >= 15 is 0 Å². The van der Waals surface area contributed by atoms with Crippen LogP contribution < -0.4 is 5.32 Å². The first kappa shape index (κ1) is 9.36. The Morgan fingerprint density at radius 1 is 1.12 bits per heavy atom. The minimum atomic E-state index is 0.748. The van der Waals surface area contributed by atoms with Crippen molar-refractivity contribution in [1.29, 1.82) is 0 Å². The maximum atomic E-state index is 5.30. The van der Waals surface area contributed by atoms with E-state index in [1.165, 1.54) is 0 Å². The van der Waals surface area contributed by atoms with Gasteiger partial charge in [0.2, 0.25) is 0 Å². The van der Waals surface area contributed by atoms with E-state index in [0.29, 0.717) is 0 Å². The third-order valence-electron chi connectivity index (χ3n) is 2.54. The van der Waals surface area contributed by atoms with Crippen molar-refractivity contribution < 1.29 is 4.42 Å². The summed E-state index contributed by atoms with van der Waals surface area (Å²) in [5.41, 5.74) is 3.20. The van der Waals surface area contributed by atoms with Gasteiger partial charge in [-0.3, -0.25) is 0 Å². The van der Waals surface area contributed by atoms with Gasteiger partial charge in [-0.25, -0.2) is 0 Å². The fraction of sp³-hybridized carbons (Fsp3) is 0. The smallest absolute Gasteiger partial charge is 0.127 e. The Morgan fingerprint density at radius 3 is 2.81 bits per heavy atom. The number of rotatable bonds is 1. The topological polar surface area (TPSA) is 25.2 Å². The van der Waals surface area contributed by atoms with Gasteiger partial charge in [0.25, 0.3) is 0 Å². The molecule has 0 saturated heterocycles. The number of anilines is 1. The van der Waals surface area contributed by atoms with Crippen LogP contribution in [0.3, 0.4) is 0 Å². The highest BCUT2D eigenvalue weighted by Gasteiger charge is 2.20. The summed E-state index contributed by atoms with van der Waals surface area (Å²) in [7, 11) is 0. The van der Waals surface area contributed by atoms with Gasteiger partial charge in [0.15, 0.2) is 0 Å². The minimum Gasteiger partial charge on any atom is -0.465 e. The molecule has 2 aromatic rings. The maximum Gasteiger partial charge on any atom is 0.127 e. The van der Waals surface area contributed by atoms with Crippen molar-refractivity contribution in [2.24, 2.45) is 0 Å². The predicted octanol–water partition coefficient (Wildman–Crippen LogP) is 3.57. The van der Waals surface area contributed by atoms with Gasteiger partial charge in [0.1, 0.15) is 10.7 Å². The lowest BCUT2D eigenvalue weighted by molar-refractivity contribution is 0.557. The molecule has 0 atom stereocenters. The number of benzene rings is 1. The maximum absolute atomic E-state index is 5.30. The number of para-hydroxylation sites is 1. The largest absolute Gasteiger partial charge is 0.465 e. The van der Waals surface area contributed by atoms with Gasteiger partial charge in [-0.2, -0.15) is 0 Å². The highest BCUT2D eigenvalue weighted by molar-refractivity contribution is 7.81. The van der Waals surface area contributed by atoms with Crippen molar-refractivity contribution in [3.05, 3.63) is 54.0 Å². The summed E-state index contributed by atoms with van der Waals surface area (Å²) in [4.78, 5) is 0.748. The molecule has 0 radical (unpaired) electrons. The molecule has 0 unspecified atom stereocenters. The molecule has 0 saturated carbocycles. The van der Waals surface area contributed by atoms with Crippen LogP contribution in [-0.4, -0.2) is 4.99 Å². The third-order valence-corrected chi connectivity index (χ3v) is 2.86. The second kappa shape index (κ2) is 3.61. The Hall–Kier alpha value is -1.87. The molecule has 0 bridgehead atoms. The van der Waals surface area contributed by atoms with Gasteiger partial charge in [-0.1, -0.05) is 30.4 Å². The zero-order chi connectivity index (χ0) is 11.0. The Labute approximate surface area is 98.6 Å². The Balaban J connectivity index is 2.12. The Bertz CT molecular complexity index is 569. The molecule has 1 aromatic heterocycles. The van der Waals surface area contributed by atoms with Crippen LogP contribution in [0.2, 0.25) is 0 Å². The summed E-state index contributed by atoms with van der Waals surface area (Å²) in [5.74, 6) is 0.816. The normalized spacial score (nSPS) is 16.2. The number of hydrogen-bond donors (Lipinski definition) is 1. The van der Waals surface area contributed by atoms with E-state index < -0.39 is 0 Å². The first-order valence-electron chi connectivity index (χ1n) is 5.00. The van der Waals surface area contributed by atoms with Crippen molar-refractivity contribution in [1.82, 2.24) is 0 Å². The average molecular weight is 227 g/mol. The summed E-state index contributed by atoms with van der Waals surface area (Å²) >= 11 is 5.30. The molecular formula is C13H9NOS. The van der Waals surface area contributed by atoms with Crippen LogP contribution in [0.15, 0.2) is 47.1 Å². The fourth-order valence-electron chi connectivity index (χ4n) is 1.80. The van der Waals surface area contributed by atoms with Crippen LogP contribution in [0.4, 0.5) is 5.69 Å². The number of furan rings is 1. The zero-order valence-electron chi connectivity index (χ0n) is 8.44. The molecule has 1 N–H and O–H groups in total. The van der Waals surface area contributed by atoms with Gasteiger partial charge < -0.3 is 9.73 Å². The predicted molar refractivity (Wildman–Crippen MR) is 69.2 cm³/mol. The summed E-state index contributed by atoms with van der Waals surface area (Å²) in [6.07, 6.45) is 3.62. The lowest BCUT2D eigenvalue weighted by atomic mass is 10.1. The van der Waals surface area contributed by atoms with Crippen LogP contribution in [0.1, 0.15) is 11.3 Å². The quantitative estimate of drug-likeness (QED) is 0.595. The molecule has 0 aliphatic carbocycles. The molecule has 16 heavy (non-hydrogen) atoms. The van der Waals surface area contributed by atoms with Gasteiger partial charge >= 0.3 is 0 Å². The van der Waals surface area contributed by atoms with E-state index in [1.807, 2.05) is 36.4 Å². The minimum absolute atomic E-state index is 0.748. The molecule has 78 valence electrons. The van der Waals surface area contributed by atoms with E-state index in [1.54, 1.807) is 6.26 Å². The second-order valence-electron chi connectivity index (χ2n) is 3.57. The van der Waals surface area contributed by atoms with Crippen molar-refractivity contribution in [3.8, 4) is 0 Å². The number of fused-ring (bicyclic) bond motifs is 1. The molecule has 1 aliphatic rings. The Kier molecular flexibility index (Phi) is 2.11. The molecule has 3 rings (SSSR count). The Morgan fingerprint density at radius 2 is 2.00 bits per heavy atom. The van der Waals surface area contributed by atoms with Gasteiger partial charge in [-0.15, -0.1) is 0 Å². The van der Waals surface area contributed by atoms with Crippen molar-refractivity contribution in [2.75, 3.05) is 5.32 Å². The SMILES string of the molecule is S=C1Nc2ccccc2/C1=C/c1ccco1. The van der Waals surface area contributed by atoms with Crippen molar-refractivity contribution >= 4 is 34.5 Å². The van der Waals surface area contributed by atoms with Crippen LogP contribution >= 0.6 is 12.2 Å². The zero-order valence-corrected chi connectivity index (χ0v) is 9.25. The van der Waals surface area contributed by atoms with Crippen molar-refractivity contribution in [2.45, 2.75) is 0 Å². The summed E-state index contributed by atoms with van der Waals surface area (Å²) < 4.78 is 5.29. The van der Waals surface area contributed by atoms with E-state index in [2.05, 4.69) is 11.4 Å². The van der Waals surface area contributed by atoms with Crippen LogP contribution in [0.5, 0.6) is 0 Å². The first-order chi connectivity index (χ1) is 7.84. The van der Waals surface area contributed by atoms with E-state index in [9.17, 15) is 0 Å². The molecule has 1 aromatic carbocycles. The highest BCUT2D eigenvalue weighted by Crippen LogP contribution is 2.33. The van der Waals surface area contributed by atoms with E-state index in [-0.39, 0.29) is 0 Å². The van der Waals surface area contributed by atoms with Gasteiger partial charge in [0, 0.05) is 16.8 Å². The number of nitrogens with one attached hydrogen (secondary N) is 1. The molecule has 3 heteroatoms. The lowest BCUT2D eigenvalue weighted by Crippen LogP contribution is -2.00. The van der Waals surface area contributed by atoms with Crippen molar-refractivity contribution in [3.63, 3.8) is 0 Å². The molecule has 2 nitrogen and oxygen atoms in total. The molecule has 2 heterocycles. The highest BCUT2D eigenvalue weighted by atomic mass is 32.1. The summed E-state index contributed by atoms with van der Waals surface area (Å²) in [5, 5.41) is 3.18. The fourth-order valence-corrected chi connectivity index (χ4v) is 2.08. The molecule has 0 spiro atoms. The van der Waals surface area contributed by atoms with Crippen LogP contribution in [0, 0.1) is 0 Å². The number of thiocarbonyl (C=S) groups is 1. The lowest BCUT2D eigenvalue weighted by Gasteiger charge is -1.96. The summed E-state index contributed by atoms with van der Waals surface area (Å²) in [6.45, 7) is 0. The third kappa shape index (κ3) is 1.46. The van der Waals surface area contributed by atoms with Gasteiger partial charge in [0.05, 0.1) is 6.26 Å². The molecule has 1 aliphatic heterocycles. The second-order valence-corrected chi connectivity index (χ2v) is 3.98. The number of hydrogen-bond acceptors (Lipinski definition) is 2. The first-order valence-corrected chi connectivity index (χ1v) is 5.41. The van der Waals surface area contributed by atoms with Crippen LogP contribution in [-0.2, 0) is 0 Å². The molecule has 0 fully saturated rings. The monoisotopic (exact) mass is 227 g/mol. The van der Waals surface area contributed by atoms with E-state index in [0.717, 1.165) is 27.6 Å². The average Bonchev–Trinajstić information content (AvgIpc) is 2.89. The van der Waals surface area contributed by atoms with E-state index in [4.69, 9.17) is 16.6 Å². The van der Waals surface area contributed by atoms with Crippen LogP contribution in [0.25, 0.3) is 11.6 Å². The standard InChI is InChI=1S/C13H9NOS/c16-13-11(8-9-4-3-7-15-9)10-5-1-2-6-12(10)14-13/h1-8H,(H,14,16)/b11-8-. The molecule has 0 amide bonds.